The van der Waals surface area contributed by atoms with Crippen molar-refractivity contribution in [2.75, 3.05) is 6.61 Å². The third-order valence-corrected chi connectivity index (χ3v) is 5.12. The summed E-state index contributed by atoms with van der Waals surface area (Å²) < 4.78 is 5.37. The number of hydrogen-bond acceptors (Lipinski definition) is 5. The molecule has 24 heavy (non-hydrogen) atoms. The van der Waals surface area contributed by atoms with Gasteiger partial charge in [-0.3, -0.25) is 14.9 Å². The average Bonchev–Trinajstić information content (AvgIpc) is 2.54. The number of nitro benzene ring substituents is 1. The van der Waals surface area contributed by atoms with Crippen LogP contribution in [-0.2, 0) is 4.79 Å². The number of rotatable bonds is 5. The first-order valence-electron chi connectivity index (χ1n) is 8.45. The van der Waals surface area contributed by atoms with Gasteiger partial charge in [-0.15, -0.1) is 0 Å². The molecule has 1 amide bonds. The number of nitrogens with zero attached hydrogens (tertiary/aromatic N) is 1. The number of nitro groups is 1. The van der Waals surface area contributed by atoms with Gasteiger partial charge in [0.15, 0.2) is 12.4 Å². The lowest BCUT2D eigenvalue weighted by molar-refractivity contribution is -0.385. The molecule has 2 bridgehead atoms. The van der Waals surface area contributed by atoms with Gasteiger partial charge in [-0.2, -0.15) is 0 Å². The molecule has 7 heteroatoms. The van der Waals surface area contributed by atoms with Crippen LogP contribution in [0.5, 0.6) is 5.75 Å². The van der Waals surface area contributed by atoms with Gasteiger partial charge in [0.1, 0.15) is 0 Å². The van der Waals surface area contributed by atoms with Crippen LogP contribution in [0.2, 0.25) is 0 Å². The number of fused-ring (bicyclic) bond motifs is 2. The molecule has 0 heterocycles. The summed E-state index contributed by atoms with van der Waals surface area (Å²) in [5.41, 5.74) is 5.96. The van der Waals surface area contributed by atoms with Crippen LogP contribution in [0, 0.1) is 22.0 Å². The van der Waals surface area contributed by atoms with E-state index in [1.54, 1.807) is 12.1 Å². The number of ether oxygens (including phenoxy) is 1. The van der Waals surface area contributed by atoms with Crippen molar-refractivity contribution in [1.29, 1.82) is 0 Å². The Hall–Kier alpha value is -2.15. The molecule has 0 saturated heterocycles. The highest BCUT2D eigenvalue weighted by molar-refractivity contribution is 5.78. The second kappa shape index (κ2) is 7.17. The summed E-state index contributed by atoms with van der Waals surface area (Å²) in [7, 11) is 0. The lowest BCUT2D eigenvalue weighted by Crippen LogP contribution is -2.54. The highest BCUT2D eigenvalue weighted by Crippen LogP contribution is 2.39. The van der Waals surface area contributed by atoms with Crippen LogP contribution in [0.25, 0.3) is 0 Å². The van der Waals surface area contributed by atoms with E-state index < -0.39 is 4.92 Å². The van der Waals surface area contributed by atoms with Crippen LogP contribution in [-0.4, -0.2) is 29.5 Å². The van der Waals surface area contributed by atoms with Crippen molar-refractivity contribution < 1.29 is 14.5 Å². The average molecular weight is 333 g/mol. The summed E-state index contributed by atoms with van der Waals surface area (Å²) >= 11 is 0. The highest BCUT2D eigenvalue weighted by atomic mass is 16.6. The summed E-state index contributed by atoms with van der Waals surface area (Å²) in [6.07, 6.45) is 5.29. The molecule has 2 aliphatic rings. The Labute approximate surface area is 140 Å². The number of carbonyl (C=O) groups is 1. The third kappa shape index (κ3) is 3.67. The molecule has 2 saturated carbocycles. The molecule has 0 aromatic heterocycles. The van der Waals surface area contributed by atoms with E-state index in [1.165, 1.54) is 18.6 Å². The summed E-state index contributed by atoms with van der Waals surface area (Å²) in [5, 5.41) is 14.0. The third-order valence-electron chi connectivity index (χ3n) is 5.12. The minimum atomic E-state index is -0.514. The highest BCUT2D eigenvalue weighted by Gasteiger charge is 2.39. The number of hydrogen-bond donors (Lipinski definition) is 2. The van der Waals surface area contributed by atoms with Gasteiger partial charge in [-0.05, 0) is 43.6 Å². The van der Waals surface area contributed by atoms with Crippen molar-refractivity contribution in [3.8, 4) is 5.75 Å². The van der Waals surface area contributed by atoms with Crippen molar-refractivity contribution in [3.63, 3.8) is 0 Å². The van der Waals surface area contributed by atoms with Crippen molar-refractivity contribution in [2.24, 2.45) is 17.6 Å². The van der Waals surface area contributed by atoms with Crippen LogP contribution in [0.15, 0.2) is 24.3 Å². The Balaban J connectivity index is 1.58. The first-order chi connectivity index (χ1) is 11.5. The van der Waals surface area contributed by atoms with Crippen LogP contribution in [0.4, 0.5) is 5.69 Å². The fraction of sp³-hybridized carbons (Fsp3) is 0.588. The molecule has 2 unspecified atom stereocenters. The van der Waals surface area contributed by atoms with E-state index in [4.69, 9.17) is 10.5 Å². The number of amides is 1. The van der Waals surface area contributed by atoms with E-state index in [1.807, 2.05) is 0 Å². The van der Waals surface area contributed by atoms with E-state index in [2.05, 4.69) is 5.32 Å². The summed E-state index contributed by atoms with van der Waals surface area (Å²) in [5.74, 6) is 0.749. The van der Waals surface area contributed by atoms with Gasteiger partial charge in [-0.1, -0.05) is 18.6 Å². The molecule has 7 nitrogen and oxygen atoms in total. The molecule has 0 spiro atoms. The summed E-state index contributed by atoms with van der Waals surface area (Å²) in [6.45, 7) is -0.215. The monoisotopic (exact) mass is 333 g/mol. The van der Waals surface area contributed by atoms with Crippen molar-refractivity contribution >= 4 is 11.6 Å². The number of para-hydroxylation sites is 2. The van der Waals surface area contributed by atoms with Crippen LogP contribution in [0.1, 0.15) is 32.1 Å². The van der Waals surface area contributed by atoms with Gasteiger partial charge in [-0.25, -0.2) is 0 Å². The van der Waals surface area contributed by atoms with Crippen LogP contribution >= 0.6 is 0 Å². The number of benzene rings is 1. The first kappa shape index (κ1) is 16.7. The predicted octanol–water partition coefficient (Wildman–Crippen LogP) is 2.00. The van der Waals surface area contributed by atoms with E-state index >= 15 is 0 Å². The van der Waals surface area contributed by atoms with Crippen LogP contribution in [0.3, 0.4) is 0 Å². The SMILES string of the molecule is NC1CC2CCCC(C1)C2NC(=O)COc1ccccc1[N+](=O)[O-]. The van der Waals surface area contributed by atoms with E-state index in [0.29, 0.717) is 11.8 Å². The zero-order valence-corrected chi connectivity index (χ0v) is 13.5. The minimum absolute atomic E-state index is 0.114. The molecule has 1 aromatic rings. The van der Waals surface area contributed by atoms with E-state index in [9.17, 15) is 14.9 Å². The molecule has 0 radical (unpaired) electrons. The van der Waals surface area contributed by atoms with Gasteiger partial charge in [0.05, 0.1) is 4.92 Å². The second-order valence-electron chi connectivity index (χ2n) is 6.79. The topological polar surface area (TPSA) is 107 Å². The molecule has 1 aromatic carbocycles. The summed E-state index contributed by atoms with van der Waals surface area (Å²) in [6, 6.07) is 6.46. The smallest absolute Gasteiger partial charge is 0.310 e. The lowest BCUT2D eigenvalue weighted by Gasteiger charge is -2.45. The maximum atomic E-state index is 12.2. The Morgan fingerprint density at radius 1 is 1.29 bits per heavy atom. The summed E-state index contributed by atoms with van der Waals surface area (Å²) in [4.78, 5) is 22.7. The quantitative estimate of drug-likeness (QED) is 0.633. The second-order valence-corrected chi connectivity index (χ2v) is 6.79. The Morgan fingerprint density at radius 3 is 2.62 bits per heavy atom. The molecular formula is C17H23N3O4. The number of nitrogens with two attached hydrogens (primary N) is 1. The fourth-order valence-electron chi connectivity index (χ4n) is 4.13. The number of nitrogens with one attached hydrogen (secondary N) is 1. The Morgan fingerprint density at radius 2 is 1.96 bits per heavy atom. The van der Waals surface area contributed by atoms with Crippen LogP contribution < -0.4 is 15.8 Å². The zero-order valence-electron chi connectivity index (χ0n) is 13.5. The fourth-order valence-corrected chi connectivity index (χ4v) is 4.13. The van der Waals surface area contributed by atoms with E-state index in [-0.39, 0.29) is 36.0 Å². The Bertz CT molecular complexity index is 608. The molecule has 2 fully saturated rings. The maximum Gasteiger partial charge on any atom is 0.310 e. The first-order valence-corrected chi connectivity index (χ1v) is 8.45. The molecule has 2 aliphatic carbocycles. The number of carbonyl (C=O) groups excluding carboxylic acids is 1. The van der Waals surface area contributed by atoms with Gasteiger partial charge in [0, 0.05) is 18.2 Å². The largest absolute Gasteiger partial charge is 0.477 e. The van der Waals surface area contributed by atoms with Crippen molar-refractivity contribution in [3.05, 3.63) is 34.4 Å². The minimum Gasteiger partial charge on any atom is -0.477 e. The zero-order chi connectivity index (χ0) is 17.1. The standard InChI is InChI=1S/C17H23N3O4/c18-13-8-11-4-3-5-12(9-13)17(11)19-16(21)10-24-15-7-2-1-6-14(15)20(22)23/h1-2,6-7,11-13,17H,3-5,8-10,18H2,(H,19,21). The van der Waals surface area contributed by atoms with Gasteiger partial charge in [0.25, 0.3) is 5.91 Å². The Kier molecular flexibility index (Phi) is 4.99. The molecule has 3 N–H and O–H groups in total. The maximum absolute atomic E-state index is 12.2. The van der Waals surface area contributed by atoms with Crippen molar-refractivity contribution in [1.82, 2.24) is 5.32 Å². The molecule has 2 atom stereocenters. The molecule has 130 valence electrons. The van der Waals surface area contributed by atoms with Gasteiger partial charge in [0.2, 0.25) is 0 Å². The molecular weight excluding hydrogens is 310 g/mol. The lowest BCUT2D eigenvalue weighted by atomic mass is 9.67. The molecule has 0 aliphatic heterocycles. The van der Waals surface area contributed by atoms with Gasteiger partial charge >= 0.3 is 5.69 Å². The van der Waals surface area contributed by atoms with Gasteiger partial charge < -0.3 is 15.8 Å². The van der Waals surface area contributed by atoms with E-state index in [0.717, 1.165) is 25.7 Å². The predicted molar refractivity (Wildman–Crippen MR) is 88.6 cm³/mol. The molecule has 3 rings (SSSR count). The normalized spacial score (nSPS) is 28.9. The van der Waals surface area contributed by atoms with Crippen molar-refractivity contribution in [2.45, 2.75) is 44.2 Å².